The van der Waals surface area contributed by atoms with Gasteiger partial charge in [0.25, 0.3) is 0 Å². The van der Waals surface area contributed by atoms with E-state index >= 15 is 0 Å². The number of rotatable bonds is 0. The lowest BCUT2D eigenvalue weighted by Crippen LogP contribution is -1.56. The normalized spacial score (nSPS) is 6.67. The summed E-state index contributed by atoms with van der Waals surface area (Å²) < 4.78 is 0. The maximum atomic E-state index is 8.63. The molecule has 0 fully saturated rings. The van der Waals surface area contributed by atoms with Crippen LogP contribution in [0.3, 0.4) is 0 Å². The molecular weight excluding hydrogens is 128 g/mol. The Labute approximate surface area is 70.0 Å². The fourth-order valence-electron chi connectivity index (χ4n) is 0.428. The maximum Gasteiger partial charge on any atom is 0.316 e. The molecule has 0 radical (unpaired) electrons. The molecule has 1 aromatic carbocycles. The number of para-hydroxylation sites is 1. The molecule has 0 aliphatic heterocycles. The van der Waals surface area contributed by atoms with Crippen molar-refractivity contribution in [3.8, 4) is 5.75 Å². The largest absolute Gasteiger partial charge is 0.508 e. The third kappa shape index (κ3) is 4.26. The molecule has 1 rings (SSSR count). The van der Waals surface area contributed by atoms with Crippen molar-refractivity contribution in [2.75, 3.05) is 0 Å². The van der Waals surface area contributed by atoms with Gasteiger partial charge >= 0.3 is 23.1 Å². The van der Waals surface area contributed by atoms with Crippen LogP contribution in [0.2, 0.25) is 0 Å². The Bertz CT molecular complexity index is 141. The number of hydrogen-bond donors (Lipinski definition) is 1. The molecule has 3 N–H and O–H groups in total. The minimum Gasteiger partial charge on any atom is -0.508 e. The van der Waals surface area contributed by atoms with Gasteiger partial charge in [0.05, 0.1) is 0 Å². The average molecular weight is 138 g/mol. The van der Waals surface area contributed by atoms with E-state index in [1.54, 1.807) is 24.3 Å². The summed E-state index contributed by atoms with van der Waals surface area (Å²) >= 11 is 0. The Kier molecular flexibility index (Phi) is 7.53. The van der Waals surface area contributed by atoms with Gasteiger partial charge in [-0.15, -0.1) is 0 Å². The molecule has 0 saturated heterocycles. The molecule has 9 heavy (non-hydrogen) atoms. The first-order chi connectivity index (χ1) is 3.39. The first kappa shape index (κ1) is 11.5. The lowest BCUT2D eigenvalue weighted by Gasteiger charge is -1.82. The maximum absolute atomic E-state index is 8.63. The summed E-state index contributed by atoms with van der Waals surface area (Å²) in [6.45, 7) is 0. The van der Waals surface area contributed by atoms with Crippen LogP contribution in [0.4, 0.5) is 0 Å². The van der Waals surface area contributed by atoms with Crippen molar-refractivity contribution in [3.05, 3.63) is 30.3 Å². The SMILES string of the molecule is O.Oc1ccccc1.[MgH2]. The molecular formula is C6H10MgO2. The van der Waals surface area contributed by atoms with E-state index in [0.717, 1.165) is 0 Å². The summed E-state index contributed by atoms with van der Waals surface area (Å²) in [5.74, 6) is 0.322. The topological polar surface area (TPSA) is 51.7 Å². The Morgan fingerprint density at radius 1 is 1.00 bits per heavy atom. The van der Waals surface area contributed by atoms with Crippen LogP contribution >= 0.6 is 0 Å². The molecule has 0 aliphatic carbocycles. The summed E-state index contributed by atoms with van der Waals surface area (Å²) in [5.41, 5.74) is 0. The zero-order chi connectivity index (χ0) is 5.11. The molecule has 48 valence electrons. The van der Waals surface area contributed by atoms with Crippen LogP contribution in [0.15, 0.2) is 30.3 Å². The molecule has 0 unspecified atom stereocenters. The zero-order valence-corrected chi connectivity index (χ0v) is 4.33. The first-order valence-corrected chi connectivity index (χ1v) is 2.13. The van der Waals surface area contributed by atoms with Crippen LogP contribution in [0, 0.1) is 0 Å². The molecule has 3 heteroatoms. The number of aromatic hydroxyl groups is 1. The van der Waals surface area contributed by atoms with E-state index in [4.69, 9.17) is 5.11 Å². The van der Waals surface area contributed by atoms with Gasteiger partial charge in [-0.05, 0) is 12.1 Å². The number of hydrogen-bond acceptors (Lipinski definition) is 1. The van der Waals surface area contributed by atoms with Crippen LogP contribution in [-0.4, -0.2) is 33.6 Å². The van der Waals surface area contributed by atoms with Crippen LogP contribution in [0.5, 0.6) is 5.75 Å². The Balaban J connectivity index is 0. The lowest BCUT2D eigenvalue weighted by molar-refractivity contribution is 0.475. The summed E-state index contributed by atoms with van der Waals surface area (Å²) in [4.78, 5) is 0. The van der Waals surface area contributed by atoms with Gasteiger partial charge in [-0.3, -0.25) is 0 Å². The molecule has 0 aromatic heterocycles. The van der Waals surface area contributed by atoms with Crippen molar-refractivity contribution in [2.24, 2.45) is 0 Å². The number of phenols is 1. The fraction of sp³-hybridized carbons (Fsp3) is 0. The zero-order valence-electron chi connectivity index (χ0n) is 4.33. The van der Waals surface area contributed by atoms with E-state index in [1.807, 2.05) is 6.07 Å². The van der Waals surface area contributed by atoms with Crippen LogP contribution in [-0.2, 0) is 0 Å². The van der Waals surface area contributed by atoms with E-state index < -0.39 is 0 Å². The lowest BCUT2D eigenvalue weighted by atomic mass is 10.3. The van der Waals surface area contributed by atoms with Crippen molar-refractivity contribution in [3.63, 3.8) is 0 Å². The number of phenolic OH excluding ortho intramolecular Hbond substituents is 1. The van der Waals surface area contributed by atoms with Gasteiger partial charge in [0.2, 0.25) is 0 Å². The minimum atomic E-state index is 0. The van der Waals surface area contributed by atoms with Crippen LogP contribution in [0.1, 0.15) is 0 Å². The van der Waals surface area contributed by atoms with E-state index in [0.29, 0.717) is 5.75 Å². The summed E-state index contributed by atoms with van der Waals surface area (Å²) in [7, 11) is 0. The second-order valence-corrected chi connectivity index (χ2v) is 1.34. The van der Waals surface area contributed by atoms with E-state index in [-0.39, 0.29) is 28.5 Å². The molecule has 0 atom stereocenters. The minimum absolute atomic E-state index is 0. The molecule has 0 amide bonds. The highest BCUT2D eigenvalue weighted by molar-refractivity contribution is 5.75. The Morgan fingerprint density at radius 2 is 1.44 bits per heavy atom. The van der Waals surface area contributed by atoms with Crippen molar-refractivity contribution in [1.82, 2.24) is 0 Å². The molecule has 0 heterocycles. The highest BCUT2D eigenvalue weighted by Gasteiger charge is 1.74. The van der Waals surface area contributed by atoms with Crippen molar-refractivity contribution >= 4 is 23.1 Å². The molecule has 2 nitrogen and oxygen atoms in total. The van der Waals surface area contributed by atoms with E-state index in [2.05, 4.69) is 0 Å². The number of benzene rings is 1. The van der Waals surface area contributed by atoms with Gasteiger partial charge in [-0.2, -0.15) is 0 Å². The third-order valence-electron chi connectivity index (χ3n) is 0.756. The standard InChI is InChI=1S/C6H6O.Mg.H2O.2H/c7-6-4-2-1-3-5-6;;;;/h1-5,7H;;1H2;;. The molecule has 0 spiro atoms. The second kappa shape index (κ2) is 5.88. The highest BCUT2D eigenvalue weighted by Crippen LogP contribution is 2.02. The molecule has 0 bridgehead atoms. The van der Waals surface area contributed by atoms with Gasteiger partial charge < -0.3 is 10.6 Å². The predicted octanol–water partition coefficient (Wildman–Crippen LogP) is -0.349. The Morgan fingerprint density at radius 3 is 1.67 bits per heavy atom. The quantitative estimate of drug-likeness (QED) is 0.490. The fourth-order valence-corrected chi connectivity index (χ4v) is 0.428. The van der Waals surface area contributed by atoms with Gasteiger partial charge in [-0.25, -0.2) is 0 Å². The van der Waals surface area contributed by atoms with Crippen LogP contribution in [0.25, 0.3) is 0 Å². The van der Waals surface area contributed by atoms with Crippen LogP contribution < -0.4 is 0 Å². The van der Waals surface area contributed by atoms with Gasteiger partial charge in [0.1, 0.15) is 5.75 Å². The highest BCUT2D eigenvalue weighted by atomic mass is 24.3. The van der Waals surface area contributed by atoms with E-state index in [1.165, 1.54) is 0 Å². The van der Waals surface area contributed by atoms with Gasteiger partial charge in [0, 0.05) is 0 Å². The predicted molar refractivity (Wildman–Crippen MR) is 40.3 cm³/mol. The smallest absolute Gasteiger partial charge is 0.316 e. The second-order valence-electron chi connectivity index (χ2n) is 1.34. The van der Waals surface area contributed by atoms with Crippen molar-refractivity contribution in [1.29, 1.82) is 0 Å². The summed E-state index contributed by atoms with van der Waals surface area (Å²) in [6, 6.07) is 8.71. The van der Waals surface area contributed by atoms with Crippen molar-refractivity contribution < 1.29 is 10.6 Å². The van der Waals surface area contributed by atoms with E-state index in [9.17, 15) is 0 Å². The molecule has 1 aromatic rings. The molecule has 0 saturated carbocycles. The monoisotopic (exact) mass is 138 g/mol. The average Bonchev–Trinajstić information content (AvgIpc) is 1.69. The summed E-state index contributed by atoms with van der Waals surface area (Å²) in [6.07, 6.45) is 0. The Hall–Kier alpha value is -0.254. The summed E-state index contributed by atoms with van der Waals surface area (Å²) in [5, 5.41) is 8.63. The van der Waals surface area contributed by atoms with Gasteiger partial charge in [0.15, 0.2) is 0 Å². The van der Waals surface area contributed by atoms with Gasteiger partial charge in [-0.1, -0.05) is 18.2 Å². The molecule has 0 aliphatic rings. The van der Waals surface area contributed by atoms with Crippen molar-refractivity contribution in [2.45, 2.75) is 0 Å². The first-order valence-electron chi connectivity index (χ1n) is 2.13. The third-order valence-corrected chi connectivity index (χ3v) is 0.756.